The van der Waals surface area contributed by atoms with E-state index in [4.69, 9.17) is 0 Å². The number of amidine groups is 1. The third-order valence-electron chi connectivity index (χ3n) is 4.46. The Morgan fingerprint density at radius 3 is 2.21 bits per heavy atom. The third-order valence-corrected chi connectivity index (χ3v) is 5.74. The quantitative estimate of drug-likeness (QED) is 0.503. The van der Waals surface area contributed by atoms with E-state index in [1.54, 1.807) is 29.2 Å². The van der Waals surface area contributed by atoms with Gasteiger partial charge in [0, 0.05) is 5.69 Å². The predicted octanol–water partition coefficient (Wildman–Crippen LogP) is 3.95. The van der Waals surface area contributed by atoms with Gasteiger partial charge in [0.25, 0.3) is 10.0 Å². The molecule has 1 heterocycles. The molecule has 0 aliphatic carbocycles. The Labute approximate surface area is 163 Å². The lowest BCUT2D eigenvalue weighted by Gasteiger charge is -2.18. The normalized spacial score (nSPS) is 14.8. The molecule has 4 rings (SSSR count). The number of aryl methyl sites for hydroxylation is 1. The number of anilines is 2. The maximum atomic E-state index is 12.9. The number of nitrogens with zero attached hydrogens (tertiary/aromatic N) is 4. The van der Waals surface area contributed by atoms with Gasteiger partial charge in [-0.15, -0.1) is 4.40 Å². The maximum absolute atomic E-state index is 12.9. The zero-order valence-electron chi connectivity index (χ0n) is 15.0. The SMILES string of the molecule is Cc1ccc(S(=O)(=O)/N=C2/C(=[N+]=[N-])c3ccccc3N2c2ccccc2)cc1. The molecule has 0 saturated carbocycles. The van der Waals surface area contributed by atoms with E-state index in [2.05, 4.69) is 9.19 Å². The van der Waals surface area contributed by atoms with Gasteiger partial charge >= 0.3 is 5.71 Å². The highest BCUT2D eigenvalue weighted by molar-refractivity contribution is 7.90. The fraction of sp³-hybridized carbons (Fsp3) is 0.0476. The van der Waals surface area contributed by atoms with Gasteiger partial charge in [0.2, 0.25) is 5.84 Å². The molecule has 3 aromatic carbocycles. The lowest BCUT2D eigenvalue weighted by molar-refractivity contribution is -0.000194. The number of hydrogen-bond donors (Lipinski definition) is 0. The summed E-state index contributed by atoms with van der Waals surface area (Å²) < 4.78 is 29.9. The molecule has 0 N–H and O–H groups in total. The molecule has 0 unspecified atom stereocenters. The van der Waals surface area contributed by atoms with E-state index in [0.29, 0.717) is 16.9 Å². The zero-order chi connectivity index (χ0) is 19.7. The maximum Gasteiger partial charge on any atom is 0.368 e. The van der Waals surface area contributed by atoms with Crippen LogP contribution in [-0.4, -0.2) is 24.8 Å². The van der Waals surface area contributed by atoms with Crippen LogP contribution in [0.3, 0.4) is 0 Å². The number of para-hydroxylation sites is 2. The van der Waals surface area contributed by atoms with E-state index in [-0.39, 0.29) is 16.4 Å². The molecule has 28 heavy (non-hydrogen) atoms. The Morgan fingerprint density at radius 1 is 0.893 bits per heavy atom. The first kappa shape index (κ1) is 17.9. The van der Waals surface area contributed by atoms with E-state index in [0.717, 1.165) is 5.56 Å². The molecule has 6 nitrogen and oxygen atoms in total. The van der Waals surface area contributed by atoms with Crippen LogP contribution >= 0.6 is 0 Å². The molecule has 0 fully saturated rings. The summed E-state index contributed by atoms with van der Waals surface area (Å²) in [7, 11) is -4.01. The molecule has 0 spiro atoms. The topological polar surface area (TPSA) is 86.1 Å². The minimum absolute atomic E-state index is 0.0514. The van der Waals surface area contributed by atoms with Crippen LogP contribution in [0.2, 0.25) is 0 Å². The van der Waals surface area contributed by atoms with Crippen LogP contribution in [0.5, 0.6) is 0 Å². The summed E-state index contributed by atoms with van der Waals surface area (Å²) in [4.78, 5) is 5.11. The number of benzene rings is 3. The number of rotatable bonds is 3. The van der Waals surface area contributed by atoms with Gasteiger partial charge in [-0.2, -0.15) is 13.2 Å². The van der Waals surface area contributed by atoms with Crippen LogP contribution < -0.4 is 4.90 Å². The van der Waals surface area contributed by atoms with Crippen molar-refractivity contribution < 1.29 is 13.2 Å². The van der Waals surface area contributed by atoms with Gasteiger partial charge in [-0.25, -0.2) is 0 Å². The molecule has 0 aromatic heterocycles. The van der Waals surface area contributed by atoms with Gasteiger partial charge < -0.3 is 5.53 Å². The molecule has 1 aliphatic heterocycles. The highest BCUT2D eigenvalue weighted by Gasteiger charge is 2.40. The van der Waals surface area contributed by atoms with Crippen molar-refractivity contribution in [2.75, 3.05) is 4.90 Å². The van der Waals surface area contributed by atoms with Crippen molar-refractivity contribution in [1.29, 1.82) is 0 Å². The summed E-state index contributed by atoms with van der Waals surface area (Å²) in [5.41, 5.74) is 12.7. The minimum atomic E-state index is -4.01. The standard InChI is InChI=1S/C21H16N4O2S/c1-15-11-13-17(14-12-15)28(26,27)24-21-20(23-22)18-9-5-6-10-19(18)25(21)16-7-3-2-4-8-16/h2-14H,1H3/b24-21-. The summed E-state index contributed by atoms with van der Waals surface area (Å²) in [6.45, 7) is 1.88. The summed E-state index contributed by atoms with van der Waals surface area (Å²) in [5, 5.41) is 0. The largest absolute Gasteiger partial charge is 0.368 e. The summed E-state index contributed by atoms with van der Waals surface area (Å²) >= 11 is 0. The van der Waals surface area contributed by atoms with E-state index < -0.39 is 10.0 Å². The van der Waals surface area contributed by atoms with Crippen molar-refractivity contribution in [2.24, 2.45) is 4.40 Å². The Bertz CT molecular complexity index is 1230. The molecule has 7 heteroatoms. The van der Waals surface area contributed by atoms with Crippen molar-refractivity contribution in [3.63, 3.8) is 0 Å². The average Bonchev–Trinajstić information content (AvgIpc) is 3.01. The molecule has 0 saturated heterocycles. The fourth-order valence-electron chi connectivity index (χ4n) is 3.11. The minimum Gasteiger partial charge on any atom is -0.361 e. The van der Waals surface area contributed by atoms with Gasteiger partial charge in [-0.1, -0.05) is 48.0 Å². The second-order valence-corrected chi connectivity index (χ2v) is 7.94. The number of fused-ring (bicyclic) bond motifs is 1. The van der Waals surface area contributed by atoms with Crippen LogP contribution in [-0.2, 0) is 10.0 Å². The second-order valence-electron chi connectivity index (χ2n) is 6.34. The molecule has 0 amide bonds. The number of sulfonamides is 1. The van der Waals surface area contributed by atoms with Crippen LogP contribution in [0.4, 0.5) is 11.4 Å². The first-order valence-electron chi connectivity index (χ1n) is 8.60. The highest BCUT2D eigenvalue weighted by atomic mass is 32.2. The van der Waals surface area contributed by atoms with Crippen LogP contribution in [0.25, 0.3) is 5.53 Å². The molecular weight excluding hydrogens is 372 g/mol. The lowest BCUT2D eigenvalue weighted by atomic mass is 10.1. The molecule has 0 atom stereocenters. The molecule has 0 bridgehead atoms. The Kier molecular flexibility index (Phi) is 4.39. The van der Waals surface area contributed by atoms with Crippen LogP contribution in [0.1, 0.15) is 11.1 Å². The zero-order valence-corrected chi connectivity index (χ0v) is 15.8. The first-order valence-corrected chi connectivity index (χ1v) is 10.0. The van der Waals surface area contributed by atoms with E-state index in [1.807, 2.05) is 49.4 Å². The Balaban J connectivity index is 1.94. The van der Waals surface area contributed by atoms with Gasteiger partial charge in [0.15, 0.2) is 0 Å². The summed E-state index contributed by atoms with van der Waals surface area (Å²) in [6.07, 6.45) is 0. The van der Waals surface area contributed by atoms with Crippen molar-refractivity contribution >= 4 is 32.9 Å². The molecule has 3 aromatic rings. The Morgan fingerprint density at radius 2 is 1.54 bits per heavy atom. The van der Waals surface area contributed by atoms with E-state index in [9.17, 15) is 13.9 Å². The van der Waals surface area contributed by atoms with E-state index in [1.165, 1.54) is 12.1 Å². The summed E-state index contributed by atoms with van der Waals surface area (Å²) in [5.74, 6) is 0.0514. The molecular formula is C21H16N4O2S. The molecule has 0 radical (unpaired) electrons. The molecule has 1 aliphatic rings. The van der Waals surface area contributed by atoms with Crippen LogP contribution in [0.15, 0.2) is 88.2 Å². The van der Waals surface area contributed by atoms with Crippen molar-refractivity contribution in [1.82, 2.24) is 0 Å². The van der Waals surface area contributed by atoms with Crippen molar-refractivity contribution in [2.45, 2.75) is 11.8 Å². The predicted molar refractivity (Wildman–Crippen MR) is 109 cm³/mol. The number of hydrogen-bond acceptors (Lipinski definition) is 2. The van der Waals surface area contributed by atoms with Gasteiger partial charge in [-0.05, 0) is 43.3 Å². The van der Waals surface area contributed by atoms with Gasteiger partial charge in [0.1, 0.15) is 0 Å². The first-order chi connectivity index (χ1) is 13.5. The van der Waals surface area contributed by atoms with Gasteiger partial charge in [0.05, 0.1) is 16.1 Å². The van der Waals surface area contributed by atoms with Crippen molar-refractivity contribution in [3.05, 3.63) is 95.5 Å². The smallest absolute Gasteiger partial charge is 0.361 e. The van der Waals surface area contributed by atoms with Crippen molar-refractivity contribution in [3.8, 4) is 0 Å². The lowest BCUT2D eigenvalue weighted by Crippen LogP contribution is -2.27. The second kappa shape index (κ2) is 6.88. The monoisotopic (exact) mass is 388 g/mol. The van der Waals surface area contributed by atoms with E-state index >= 15 is 0 Å². The highest BCUT2D eigenvalue weighted by Crippen LogP contribution is 2.36. The van der Waals surface area contributed by atoms with Gasteiger partial charge in [-0.3, -0.25) is 4.90 Å². The average molecular weight is 388 g/mol. The third kappa shape index (κ3) is 3.03. The fourth-order valence-corrected chi connectivity index (χ4v) is 4.09. The molecule has 138 valence electrons. The Hall–Kier alpha value is -3.54. The summed E-state index contributed by atoms with van der Waals surface area (Å²) in [6, 6.07) is 22.9. The van der Waals surface area contributed by atoms with Crippen LogP contribution in [0, 0.1) is 6.92 Å².